The molecule has 0 amide bonds. The van der Waals surface area contributed by atoms with Crippen molar-refractivity contribution in [2.75, 3.05) is 18.5 Å². The summed E-state index contributed by atoms with van der Waals surface area (Å²) in [5.74, 6) is -1.23. The Morgan fingerprint density at radius 2 is 2.28 bits per heavy atom. The summed E-state index contributed by atoms with van der Waals surface area (Å²) in [7, 11) is 0. The Morgan fingerprint density at radius 3 is 2.83 bits per heavy atom. The summed E-state index contributed by atoms with van der Waals surface area (Å²) in [5, 5.41) is 13.2. The number of esters is 1. The molecular weight excluding hydrogens is 311 g/mol. The fourth-order valence-corrected chi connectivity index (χ4v) is 1.54. The van der Waals surface area contributed by atoms with Gasteiger partial charge in [0.1, 0.15) is 18.0 Å². The van der Waals surface area contributed by atoms with Crippen molar-refractivity contribution in [1.29, 1.82) is 0 Å². The fourth-order valence-electron chi connectivity index (χ4n) is 1.21. The molecule has 0 aliphatic heterocycles. The zero-order chi connectivity index (χ0) is 13.7. The summed E-state index contributed by atoms with van der Waals surface area (Å²) in [6.07, 6.45) is 0. The van der Waals surface area contributed by atoms with Crippen molar-refractivity contribution in [2.24, 2.45) is 0 Å². The minimum Gasteiger partial charge on any atom is -0.465 e. The monoisotopic (exact) mass is 320 g/mol. The second-order valence-electron chi connectivity index (χ2n) is 3.20. The number of rotatable bonds is 5. The highest BCUT2D eigenvalue weighted by Crippen LogP contribution is 2.30. The summed E-state index contributed by atoms with van der Waals surface area (Å²) in [5.41, 5.74) is -0.402. The highest BCUT2D eigenvalue weighted by Gasteiger charge is 2.18. The van der Waals surface area contributed by atoms with Gasteiger partial charge in [0.2, 0.25) is 0 Å². The van der Waals surface area contributed by atoms with Gasteiger partial charge in [-0.2, -0.15) is 0 Å². The number of carbonyl (C=O) groups excluding carboxylic acids is 1. The molecular formula is C10H10BrFN2O4. The van der Waals surface area contributed by atoms with Gasteiger partial charge in [0.25, 0.3) is 5.69 Å². The topological polar surface area (TPSA) is 81.5 Å². The van der Waals surface area contributed by atoms with E-state index in [0.29, 0.717) is 0 Å². The molecule has 0 aliphatic rings. The van der Waals surface area contributed by atoms with Gasteiger partial charge in [0.05, 0.1) is 16.0 Å². The van der Waals surface area contributed by atoms with Gasteiger partial charge in [-0.15, -0.1) is 0 Å². The Labute approximate surface area is 110 Å². The van der Waals surface area contributed by atoms with E-state index in [-0.39, 0.29) is 29.0 Å². The van der Waals surface area contributed by atoms with E-state index in [4.69, 9.17) is 0 Å². The molecule has 1 aromatic carbocycles. The summed E-state index contributed by atoms with van der Waals surface area (Å²) in [4.78, 5) is 21.2. The van der Waals surface area contributed by atoms with Crippen LogP contribution in [0.1, 0.15) is 6.92 Å². The van der Waals surface area contributed by atoms with Gasteiger partial charge >= 0.3 is 5.97 Å². The number of hydrogen-bond donors (Lipinski definition) is 1. The van der Waals surface area contributed by atoms with Crippen molar-refractivity contribution >= 4 is 33.3 Å². The van der Waals surface area contributed by atoms with Gasteiger partial charge in [0, 0.05) is 12.1 Å². The fraction of sp³-hybridized carbons (Fsp3) is 0.300. The molecule has 0 fully saturated rings. The quantitative estimate of drug-likeness (QED) is 0.512. The van der Waals surface area contributed by atoms with Crippen LogP contribution in [0.5, 0.6) is 0 Å². The average molecular weight is 321 g/mol. The number of hydrogen-bond acceptors (Lipinski definition) is 5. The molecule has 8 heteroatoms. The molecule has 0 radical (unpaired) electrons. The van der Waals surface area contributed by atoms with Crippen molar-refractivity contribution in [3.63, 3.8) is 0 Å². The van der Waals surface area contributed by atoms with Gasteiger partial charge in [-0.05, 0) is 22.9 Å². The lowest BCUT2D eigenvalue weighted by atomic mass is 10.2. The Morgan fingerprint density at radius 1 is 1.61 bits per heavy atom. The van der Waals surface area contributed by atoms with Gasteiger partial charge in [-0.25, -0.2) is 4.39 Å². The molecule has 0 bridgehead atoms. The van der Waals surface area contributed by atoms with Gasteiger partial charge in [-0.1, -0.05) is 0 Å². The first-order valence-electron chi connectivity index (χ1n) is 4.98. The molecule has 6 nitrogen and oxygen atoms in total. The summed E-state index contributed by atoms with van der Waals surface area (Å²) in [6.45, 7) is 1.58. The third-order valence-corrected chi connectivity index (χ3v) is 2.57. The number of nitrogens with one attached hydrogen (secondary N) is 1. The van der Waals surface area contributed by atoms with Crippen molar-refractivity contribution in [2.45, 2.75) is 6.92 Å². The summed E-state index contributed by atoms with van der Waals surface area (Å²) in [6, 6.07) is 1.98. The lowest BCUT2D eigenvalue weighted by Gasteiger charge is -2.07. The van der Waals surface area contributed by atoms with Crippen LogP contribution in [-0.2, 0) is 9.53 Å². The highest BCUT2D eigenvalue weighted by molar-refractivity contribution is 9.10. The molecule has 0 saturated heterocycles. The van der Waals surface area contributed by atoms with Crippen LogP contribution >= 0.6 is 15.9 Å². The van der Waals surface area contributed by atoms with Crippen LogP contribution in [0.4, 0.5) is 15.8 Å². The number of nitro groups is 1. The van der Waals surface area contributed by atoms with E-state index >= 15 is 0 Å². The first-order valence-corrected chi connectivity index (χ1v) is 5.78. The third kappa shape index (κ3) is 3.66. The van der Waals surface area contributed by atoms with E-state index in [1.807, 2.05) is 0 Å². The maximum atomic E-state index is 13.3. The lowest BCUT2D eigenvalue weighted by Crippen LogP contribution is -2.17. The predicted octanol–water partition coefficient (Wildman–Crippen LogP) is 2.47. The Kier molecular flexibility index (Phi) is 5.02. The summed E-state index contributed by atoms with van der Waals surface area (Å²) < 4.78 is 17.9. The predicted molar refractivity (Wildman–Crippen MR) is 65.9 cm³/mol. The van der Waals surface area contributed by atoms with Crippen LogP contribution in [0.2, 0.25) is 0 Å². The molecule has 0 atom stereocenters. The minimum atomic E-state index is -0.669. The second-order valence-corrected chi connectivity index (χ2v) is 4.05. The largest absolute Gasteiger partial charge is 0.465 e. The average Bonchev–Trinajstić information content (AvgIpc) is 2.30. The molecule has 0 aliphatic carbocycles. The second kappa shape index (κ2) is 6.29. The number of nitrogens with zero attached hydrogens (tertiary/aromatic N) is 1. The van der Waals surface area contributed by atoms with Crippen LogP contribution in [-0.4, -0.2) is 24.0 Å². The van der Waals surface area contributed by atoms with Crippen LogP contribution < -0.4 is 5.32 Å². The SMILES string of the molecule is CCOC(=O)CNc1cc(F)c(Br)cc1[N+](=O)[O-]. The number of carbonyl (C=O) groups is 1. The van der Waals surface area contributed by atoms with E-state index in [1.165, 1.54) is 0 Å². The van der Waals surface area contributed by atoms with Gasteiger partial charge in [0.15, 0.2) is 0 Å². The van der Waals surface area contributed by atoms with E-state index < -0.39 is 16.7 Å². The molecule has 1 aromatic rings. The first kappa shape index (κ1) is 14.4. The molecule has 0 saturated carbocycles. The molecule has 98 valence electrons. The maximum Gasteiger partial charge on any atom is 0.325 e. The number of ether oxygens (including phenoxy) is 1. The Balaban J connectivity index is 2.90. The van der Waals surface area contributed by atoms with Crippen LogP contribution in [0, 0.1) is 15.9 Å². The molecule has 0 spiro atoms. The Bertz CT molecular complexity index is 481. The van der Waals surface area contributed by atoms with E-state index in [1.54, 1.807) is 6.92 Å². The third-order valence-electron chi connectivity index (χ3n) is 1.96. The van der Waals surface area contributed by atoms with Gasteiger partial charge in [-0.3, -0.25) is 14.9 Å². The van der Waals surface area contributed by atoms with Crippen molar-refractivity contribution in [3.8, 4) is 0 Å². The number of nitro benzene ring substituents is 1. The zero-order valence-corrected chi connectivity index (χ0v) is 11.0. The van der Waals surface area contributed by atoms with Crippen LogP contribution in [0.3, 0.4) is 0 Å². The zero-order valence-electron chi connectivity index (χ0n) is 9.41. The lowest BCUT2D eigenvalue weighted by molar-refractivity contribution is -0.384. The molecule has 1 N–H and O–H groups in total. The Hall–Kier alpha value is -1.70. The smallest absolute Gasteiger partial charge is 0.325 e. The van der Waals surface area contributed by atoms with E-state index in [0.717, 1.165) is 12.1 Å². The van der Waals surface area contributed by atoms with Crippen LogP contribution in [0.15, 0.2) is 16.6 Å². The summed E-state index contributed by atoms with van der Waals surface area (Å²) >= 11 is 2.85. The molecule has 1 rings (SSSR count). The first-order chi connectivity index (χ1) is 8.45. The van der Waals surface area contributed by atoms with Crippen molar-refractivity contribution in [3.05, 3.63) is 32.5 Å². The molecule has 18 heavy (non-hydrogen) atoms. The number of anilines is 1. The maximum absolute atomic E-state index is 13.3. The van der Waals surface area contributed by atoms with Gasteiger partial charge < -0.3 is 10.1 Å². The molecule has 0 heterocycles. The molecule has 0 aromatic heterocycles. The number of halogens is 2. The normalized spacial score (nSPS) is 9.94. The van der Waals surface area contributed by atoms with E-state index in [2.05, 4.69) is 26.0 Å². The van der Waals surface area contributed by atoms with E-state index in [9.17, 15) is 19.3 Å². The highest BCUT2D eigenvalue weighted by atomic mass is 79.9. The van der Waals surface area contributed by atoms with Crippen molar-refractivity contribution in [1.82, 2.24) is 0 Å². The van der Waals surface area contributed by atoms with Crippen molar-refractivity contribution < 1.29 is 18.8 Å². The van der Waals surface area contributed by atoms with Crippen LogP contribution in [0.25, 0.3) is 0 Å². The minimum absolute atomic E-state index is 0.0177. The standard InChI is InChI=1S/C10H10BrFN2O4/c1-2-18-10(15)5-13-8-4-7(12)6(11)3-9(8)14(16)17/h3-4,13H,2,5H2,1H3. The number of benzene rings is 1. The molecule has 0 unspecified atom stereocenters.